The SMILES string of the molecule is CS(=O)CCNC(=O)c1ccc(/C=C/C(=O)O)s1. The molecule has 1 heterocycles. The van der Waals surface area contributed by atoms with E-state index in [4.69, 9.17) is 5.11 Å². The number of carboxylic acids is 1. The maximum Gasteiger partial charge on any atom is 0.328 e. The molecule has 1 aromatic rings. The lowest BCUT2D eigenvalue weighted by Crippen LogP contribution is -2.26. The number of nitrogens with one attached hydrogen (secondary N) is 1. The summed E-state index contributed by atoms with van der Waals surface area (Å²) >= 11 is 1.20. The van der Waals surface area contributed by atoms with Gasteiger partial charge in [-0.05, 0) is 18.2 Å². The van der Waals surface area contributed by atoms with E-state index in [-0.39, 0.29) is 5.91 Å². The highest BCUT2D eigenvalue weighted by Crippen LogP contribution is 2.17. The third kappa shape index (κ3) is 5.24. The number of thiophene rings is 1. The number of amides is 1. The van der Waals surface area contributed by atoms with Crippen molar-refractivity contribution in [2.75, 3.05) is 18.6 Å². The average Bonchev–Trinajstić information content (AvgIpc) is 2.74. The van der Waals surface area contributed by atoms with Gasteiger partial charge in [-0.15, -0.1) is 11.3 Å². The fourth-order valence-electron chi connectivity index (χ4n) is 1.11. The van der Waals surface area contributed by atoms with Gasteiger partial charge in [0.1, 0.15) is 0 Å². The van der Waals surface area contributed by atoms with Crippen LogP contribution >= 0.6 is 11.3 Å². The Balaban J connectivity index is 2.54. The fourth-order valence-corrected chi connectivity index (χ4v) is 2.33. The van der Waals surface area contributed by atoms with E-state index in [1.807, 2.05) is 0 Å². The molecule has 1 amide bonds. The highest BCUT2D eigenvalue weighted by Gasteiger charge is 2.07. The Morgan fingerprint density at radius 1 is 1.50 bits per heavy atom. The van der Waals surface area contributed by atoms with Crippen LogP contribution in [0.4, 0.5) is 0 Å². The molecule has 0 aliphatic rings. The molecule has 0 saturated carbocycles. The van der Waals surface area contributed by atoms with Crippen LogP contribution in [0.3, 0.4) is 0 Å². The molecular formula is C11H13NO4S2. The highest BCUT2D eigenvalue weighted by atomic mass is 32.2. The molecule has 1 rings (SSSR count). The van der Waals surface area contributed by atoms with Gasteiger partial charge < -0.3 is 10.4 Å². The predicted molar refractivity (Wildman–Crippen MR) is 72.3 cm³/mol. The first-order valence-electron chi connectivity index (χ1n) is 5.08. The minimum Gasteiger partial charge on any atom is -0.478 e. The number of carbonyl (C=O) groups is 2. The Morgan fingerprint density at radius 3 is 2.83 bits per heavy atom. The van der Waals surface area contributed by atoms with Crippen molar-refractivity contribution in [3.8, 4) is 0 Å². The van der Waals surface area contributed by atoms with Gasteiger partial charge in [0.2, 0.25) is 0 Å². The van der Waals surface area contributed by atoms with Gasteiger partial charge in [0.25, 0.3) is 5.91 Å². The van der Waals surface area contributed by atoms with Crippen molar-refractivity contribution in [2.45, 2.75) is 0 Å². The minimum absolute atomic E-state index is 0.236. The van der Waals surface area contributed by atoms with Crippen molar-refractivity contribution >= 4 is 40.1 Å². The number of hydrogen-bond donors (Lipinski definition) is 2. The molecule has 0 spiro atoms. The second-order valence-electron chi connectivity index (χ2n) is 3.41. The zero-order chi connectivity index (χ0) is 13.5. The Kier molecular flexibility index (Phi) is 5.73. The van der Waals surface area contributed by atoms with Crippen molar-refractivity contribution in [1.82, 2.24) is 5.32 Å². The second-order valence-corrected chi connectivity index (χ2v) is 6.08. The molecule has 7 heteroatoms. The van der Waals surface area contributed by atoms with Gasteiger partial charge in [-0.25, -0.2) is 4.79 Å². The van der Waals surface area contributed by atoms with Gasteiger partial charge in [0, 0.05) is 40.3 Å². The smallest absolute Gasteiger partial charge is 0.328 e. The van der Waals surface area contributed by atoms with E-state index in [0.717, 1.165) is 6.08 Å². The zero-order valence-corrected chi connectivity index (χ0v) is 11.3. The van der Waals surface area contributed by atoms with Gasteiger partial charge in [-0.2, -0.15) is 0 Å². The maximum atomic E-state index is 11.6. The Morgan fingerprint density at radius 2 is 2.22 bits per heavy atom. The van der Waals surface area contributed by atoms with E-state index in [2.05, 4.69) is 5.32 Å². The van der Waals surface area contributed by atoms with Gasteiger partial charge >= 0.3 is 5.97 Å². The molecule has 0 aliphatic carbocycles. The first-order chi connectivity index (χ1) is 8.49. The molecular weight excluding hydrogens is 274 g/mol. The monoisotopic (exact) mass is 287 g/mol. The molecule has 0 saturated heterocycles. The van der Waals surface area contributed by atoms with Crippen LogP contribution in [-0.2, 0) is 15.6 Å². The number of hydrogen-bond acceptors (Lipinski definition) is 4. The molecule has 1 unspecified atom stereocenters. The minimum atomic E-state index is -1.03. The lowest BCUT2D eigenvalue weighted by molar-refractivity contribution is -0.131. The first-order valence-corrected chi connectivity index (χ1v) is 7.62. The average molecular weight is 287 g/mol. The van der Waals surface area contributed by atoms with Crippen LogP contribution in [0.15, 0.2) is 18.2 Å². The van der Waals surface area contributed by atoms with E-state index >= 15 is 0 Å². The van der Waals surface area contributed by atoms with Crippen LogP contribution in [0.5, 0.6) is 0 Å². The lowest BCUT2D eigenvalue weighted by Gasteiger charge is -2.00. The molecule has 0 fully saturated rings. The van der Waals surface area contributed by atoms with Crippen LogP contribution < -0.4 is 5.32 Å². The fraction of sp³-hybridized carbons (Fsp3) is 0.273. The summed E-state index contributed by atoms with van der Waals surface area (Å²) in [6.45, 7) is 0.361. The topological polar surface area (TPSA) is 83.5 Å². The van der Waals surface area contributed by atoms with E-state index in [9.17, 15) is 13.8 Å². The van der Waals surface area contributed by atoms with E-state index in [1.54, 1.807) is 18.4 Å². The molecule has 2 N–H and O–H groups in total. The molecule has 1 atom stereocenters. The third-order valence-corrected chi connectivity index (χ3v) is 3.74. The van der Waals surface area contributed by atoms with Crippen LogP contribution in [0.2, 0.25) is 0 Å². The normalized spacial score (nSPS) is 12.5. The summed E-state index contributed by atoms with van der Waals surface area (Å²) < 4.78 is 10.8. The molecule has 0 radical (unpaired) electrons. The molecule has 98 valence electrons. The Bertz CT molecular complexity index is 493. The summed E-state index contributed by atoms with van der Waals surface area (Å²) in [5, 5.41) is 11.1. The van der Waals surface area contributed by atoms with E-state index in [0.29, 0.717) is 22.1 Å². The predicted octanol–water partition coefficient (Wildman–Crippen LogP) is 0.954. The van der Waals surface area contributed by atoms with Crippen molar-refractivity contribution in [2.24, 2.45) is 0 Å². The van der Waals surface area contributed by atoms with Gasteiger partial charge in [-0.3, -0.25) is 9.00 Å². The summed E-state index contributed by atoms with van der Waals surface area (Å²) in [7, 11) is -0.929. The number of aliphatic carboxylic acids is 1. The summed E-state index contributed by atoms with van der Waals surface area (Å²) in [4.78, 5) is 23.2. The standard InChI is InChI=1S/C11H13NO4S2/c1-18(16)7-6-12-11(15)9-4-2-8(17-9)3-5-10(13)14/h2-5H,6-7H2,1H3,(H,12,15)(H,13,14)/b5-3+. The zero-order valence-electron chi connectivity index (χ0n) is 9.71. The van der Waals surface area contributed by atoms with Crippen molar-refractivity contribution < 1.29 is 18.9 Å². The van der Waals surface area contributed by atoms with Crippen LogP contribution in [0.25, 0.3) is 6.08 Å². The second kappa shape index (κ2) is 7.07. The van der Waals surface area contributed by atoms with Gasteiger partial charge in [-0.1, -0.05) is 0 Å². The van der Waals surface area contributed by atoms with Crippen LogP contribution in [0.1, 0.15) is 14.5 Å². The summed E-state index contributed by atoms with van der Waals surface area (Å²) in [5.74, 6) is -0.844. The van der Waals surface area contributed by atoms with Crippen molar-refractivity contribution in [1.29, 1.82) is 0 Å². The van der Waals surface area contributed by atoms with Crippen molar-refractivity contribution in [3.05, 3.63) is 28.0 Å². The third-order valence-electron chi connectivity index (χ3n) is 1.92. The van der Waals surface area contributed by atoms with Gasteiger partial charge in [0.05, 0.1) is 4.88 Å². The molecule has 0 aliphatic heterocycles. The molecule has 18 heavy (non-hydrogen) atoms. The van der Waals surface area contributed by atoms with E-state index < -0.39 is 16.8 Å². The summed E-state index contributed by atoms with van der Waals surface area (Å²) in [5.41, 5.74) is 0. The number of carboxylic acid groups (broad SMARTS) is 1. The van der Waals surface area contributed by atoms with Crippen molar-refractivity contribution in [3.63, 3.8) is 0 Å². The molecule has 0 bridgehead atoms. The van der Waals surface area contributed by atoms with Crippen LogP contribution in [0, 0.1) is 0 Å². The lowest BCUT2D eigenvalue weighted by atomic mass is 10.4. The molecule has 1 aromatic heterocycles. The number of rotatable bonds is 6. The number of carbonyl (C=O) groups excluding carboxylic acids is 1. The quantitative estimate of drug-likeness (QED) is 0.763. The van der Waals surface area contributed by atoms with E-state index in [1.165, 1.54) is 17.4 Å². The highest BCUT2D eigenvalue weighted by molar-refractivity contribution is 7.84. The maximum absolute atomic E-state index is 11.6. The first kappa shape index (κ1) is 14.6. The molecule has 0 aromatic carbocycles. The van der Waals surface area contributed by atoms with Crippen LogP contribution in [-0.4, -0.2) is 39.7 Å². The summed E-state index contributed by atoms with van der Waals surface area (Å²) in [6, 6.07) is 3.31. The largest absolute Gasteiger partial charge is 0.478 e. The summed E-state index contributed by atoms with van der Waals surface area (Å²) in [6.07, 6.45) is 4.03. The molecule has 5 nitrogen and oxygen atoms in total. The Labute approximate surface area is 111 Å². The van der Waals surface area contributed by atoms with Gasteiger partial charge in [0.15, 0.2) is 0 Å². The Hall–Kier alpha value is -1.47.